The van der Waals surface area contributed by atoms with Crippen molar-refractivity contribution in [2.24, 2.45) is 0 Å². The summed E-state index contributed by atoms with van der Waals surface area (Å²) in [6, 6.07) is 16.4. The van der Waals surface area contributed by atoms with Crippen molar-refractivity contribution in [3.8, 4) is 0 Å². The number of nitrogens with one attached hydrogen (secondary N) is 1. The van der Waals surface area contributed by atoms with E-state index in [1.807, 2.05) is 24.3 Å². The summed E-state index contributed by atoms with van der Waals surface area (Å²) in [5.41, 5.74) is 10.4. The Balaban J connectivity index is 0.00000176. The van der Waals surface area contributed by atoms with Crippen molar-refractivity contribution in [2.75, 3.05) is 5.73 Å². The van der Waals surface area contributed by atoms with Crippen molar-refractivity contribution in [3.63, 3.8) is 0 Å². The van der Waals surface area contributed by atoms with Gasteiger partial charge in [-0.2, -0.15) is 0 Å². The van der Waals surface area contributed by atoms with Crippen molar-refractivity contribution in [3.05, 3.63) is 65.2 Å². The van der Waals surface area contributed by atoms with Gasteiger partial charge in [0.25, 0.3) is 0 Å². The monoisotopic (exact) mass is 316 g/mol. The normalized spacial score (nSPS) is 13.3. The predicted molar refractivity (Wildman–Crippen MR) is 92.2 cm³/mol. The summed E-state index contributed by atoms with van der Waals surface area (Å²) in [4.78, 5) is 12.1. The highest BCUT2D eigenvalue weighted by molar-refractivity contribution is 5.85. The smallest absolute Gasteiger partial charge is 0.220 e. The fraction of sp³-hybridized carbons (Fsp3) is 0.278. The number of nitrogens with two attached hydrogens (primary N) is 1. The lowest BCUT2D eigenvalue weighted by atomic mass is 10.1. The quantitative estimate of drug-likeness (QED) is 0.852. The van der Waals surface area contributed by atoms with Crippen molar-refractivity contribution in [1.82, 2.24) is 5.32 Å². The molecule has 0 unspecified atom stereocenters. The van der Waals surface area contributed by atoms with E-state index in [4.69, 9.17) is 5.73 Å². The van der Waals surface area contributed by atoms with E-state index in [1.165, 1.54) is 11.1 Å². The van der Waals surface area contributed by atoms with Crippen LogP contribution in [0.5, 0.6) is 0 Å². The third kappa shape index (κ3) is 3.80. The van der Waals surface area contributed by atoms with Gasteiger partial charge in [0.1, 0.15) is 0 Å². The maximum atomic E-state index is 12.1. The maximum absolute atomic E-state index is 12.1. The zero-order chi connectivity index (χ0) is 14.7. The molecule has 0 spiro atoms. The second-order valence-corrected chi connectivity index (χ2v) is 5.64. The molecule has 22 heavy (non-hydrogen) atoms. The number of hydrogen-bond acceptors (Lipinski definition) is 2. The van der Waals surface area contributed by atoms with Crippen molar-refractivity contribution >= 4 is 24.0 Å². The highest BCUT2D eigenvalue weighted by Gasteiger charge is 2.22. The van der Waals surface area contributed by atoms with E-state index in [0.29, 0.717) is 12.8 Å². The molecular weight excluding hydrogens is 296 g/mol. The van der Waals surface area contributed by atoms with Crippen molar-refractivity contribution in [2.45, 2.75) is 31.7 Å². The minimum atomic E-state index is 0. The molecule has 0 bridgehead atoms. The van der Waals surface area contributed by atoms with E-state index in [1.54, 1.807) is 0 Å². The average molecular weight is 317 g/mol. The van der Waals surface area contributed by atoms with Gasteiger partial charge in [0.2, 0.25) is 5.91 Å². The Bertz CT molecular complexity index is 632. The van der Waals surface area contributed by atoms with E-state index >= 15 is 0 Å². The van der Waals surface area contributed by atoms with E-state index in [0.717, 1.165) is 24.1 Å². The molecule has 3 nitrogen and oxygen atoms in total. The van der Waals surface area contributed by atoms with Crippen LogP contribution in [0.2, 0.25) is 0 Å². The molecule has 1 amide bonds. The average Bonchev–Trinajstić information content (AvgIpc) is 2.88. The molecule has 0 aliphatic heterocycles. The van der Waals surface area contributed by atoms with Gasteiger partial charge in [-0.1, -0.05) is 42.5 Å². The zero-order valence-corrected chi connectivity index (χ0v) is 13.2. The topological polar surface area (TPSA) is 55.1 Å². The van der Waals surface area contributed by atoms with Gasteiger partial charge in [-0.15, -0.1) is 12.4 Å². The minimum Gasteiger partial charge on any atom is -0.399 e. The lowest BCUT2D eigenvalue weighted by Gasteiger charge is -2.12. The van der Waals surface area contributed by atoms with Gasteiger partial charge in [0.15, 0.2) is 0 Å². The van der Waals surface area contributed by atoms with Crippen LogP contribution in [0, 0.1) is 0 Å². The largest absolute Gasteiger partial charge is 0.399 e. The molecule has 1 aliphatic carbocycles. The van der Waals surface area contributed by atoms with Gasteiger partial charge in [-0.05, 0) is 42.0 Å². The Morgan fingerprint density at radius 1 is 1.05 bits per heavy atom. The molecule has 0 atom stereocenters. The molecule has 0 saturated carbocycles. The van der Waals surface area contributed by atoms with Crippen LogP contribution >= 0.6 is 12.4 Å². The zero-order valence-electron chi connectivity index (χ0n) is 12.4. The maximum Gasteiger partial charge on any atom is 0.220 e. The predicted octanol–water partition coefficient (Wildman–Crippen LogP) is 2.91. The standard InChI is InChI=1S/C18H20N2O.ClH/c19-17-8-4-3-5-13(17)9-10-18(21)20-16-11-14-6-1-2-7-15(14)12-16;/h1-8,16H,9-12,19H2,(H,20,21);1H. The lowest BCUT2D eigenvalue weighted by molar-refractivity contribution is -0.121. The van der Waals surface area contributed by atoms with Crippen LogP contribution in [0.25, 0.3) is 0 Å². The number of halogens is 1. The van der Waals surface area contributed by atoms with Crippen LogP contribution in [-0.2, 0) is 24.1 Å². The lowest BCUT2D eigenvalue weighted by Crippen LogP contribution is -2.35. The number of hydrogen-bond donors (Lipinski definition) is 2. The number of anilines is 1. The highest BCUT2D eigenvalue weighted by atomic mass is 35.5. The summed E-state index contributed by atoms with van der Waals surface area (Å²) < 4.78 is 0. The van der Waals surface area contributed by atoms with Gasteiger partial charge in [0.05, 0.1) is 0 Å². The molecule has 3 N–H and O–H groups in total. The van der Waals surface area contributed by atoms with Crippen LogP contribution in [-0.4, -0.2) is 11.9 Å². The molecule has 0 aromatic heterocycles. The number of nitrogen functional groups attached to an aromatic ring is 1. The highest BCUT2D eigenvalue weighted by Crippen LogP contribution is 2.21. The van der Waals surface area contributed by atoms with Crippen LogP contribution in [0.3, 0.4) is 0 Å². The van der Waals surface area contributed by atoms with Crippen molar-refractivity contribution in [1.29, 1.82) is 0 Å². The Morgan fingerprint density at radius 2 is 1.64 bits per heavy atom. The molecule has 4 heteroatoms. The minimum absolute atomic E-state index is 0. The van der Waals surface area contributed by atoms with E-state index in [-0.39, 0.29) is 24.4 Å². The molecule has 0 heterocycles. The van der Waals surface area contributed by atoms with E-state index in [2.05, 4.69) is 29.6 Å². The number of aryl methyl sites for hydroxylation is 1. The summed E-state index contributed by atoms with van der Waals surface area (Å²) in [5.74, 6) is 0.107. The first kappa shape index (κ1) is 16.4. The molecule has 116 valence electrons. The Kier molecular flexibility index (Phi) is 5.45. The van der Waals surface area contributed by atoms with Crippen LogP contribution in [0.1, 0.15) is 23.1 Å². The molecular formula is C18H21ClN2O. The Labute approximate surface area is 137 Å². The fourth-order valence-electron chi connectivity index (χ4n) is 2.97. The number of carbonyl (C=O) groups excluding carboxylic acids is 1. The summed E-state index contributed by atoms with van der Waals surface area (Å²) in [5, 5.41) is 3.14. The first-order valence-corrected chi connectivity index (χ1v) is 7.42. The molecule has 2 aromatic carbocycles. The fourth-order valence-corrected chi connectivity index (χ4v) is 2.97. The molecule has 1 aliphatic rings. The number of fused-ring (bicyclic) bond motifs is 1. The van der Waals surface area contributed by atoms with Gasteiger partial charge >= 0.3 is 0 Å². The van der Waals surface area contributed by atoms with Gasteiger partial charge in [0, 0.05) is 18.2 Å². The third-order valence-corrected chi connectivity index (χ3v) is 4.09. The van der Waals surface area contributed by atoms with Gasteiger partial charge in [-0.3, -0.25) is 4.79 Å². The van der Waals surface area contributed by atoms with Crippen molar-refractivity contribution < 1.29 is 4.79 Å². The molecule has 0 radical (unpaired) electrons. The summed E-state index contributed by atoms with van der Waals surface area (Å²) >= 11 is 0. The second kappa shape index (κ2) is 7.32. The Hall–Kier alpha value is -2.00. The molecule has 3 rings (SSSR count). The number of para-hydroxylation sites is 1. The Morgan fingerprint density at radius 3 is 2.27 bits per heavy atom. The molecule has 0 fully saturated rings. The summed E-state index contributed by atoms with van der Waals surface area (Å²) in [6.07, 6.45) is 3.06. The first-order chi connectivity index (χ1) is 10.2. The molecule has 0 saturated heterocycles. The summed E-state index contributed by atoms with van der Waals surface area (Å²) in [7, 11) is 0. The van der Waals surface area contributed by atoms with Gasteiger partial charge < -0.3 is 11.1 Å². The summed E-state index contributed by atoms with van der Waals surface area (Å²) in [6.45, 7) is 0. The second-order valence-electron chi connectivity index (χ2n) is 5.64. The number of amides is 1. The van der Waals surface area contributed by atoms with Crippen LogP contribution in [0.4, 0.5) is 5.69 Å². The van der Waals surface area contributed by atoms with Crippen LogP contribution in [0.15, 0.2) is 48.5 Å². The third-order valence-electron chi connectivity index (χ3n) is 4.09. The van der Waals surface area contributed by atoms with E-state index in [9.17, 15) is 4.79 Å². The number of benzene rings is 2. The number of carbonyl (C=O) groups is 1. The van der Waals surface area contributed by atoms with E-state index < -0.39 is 0 Å². The SMILES string of the molecule is Cl.Nc1ccccc1CCC(=O)NC1Cc2ccccc2C1. The van der Waals surface area contributed by atoms with Gasteiger partial charge in [-0.25, -0.2) is 0 Å². The number of rotatable bonds is 4. The first-order valence-electron chi connectivity index (χ1n) is 7.42. The van der Waals surface area contributed by atoms with Crippen LogP contribution < -0.4 is 11.1 Å². The molecule has 2 aromatic rings.